The number of halogens is 1. The summed E-state index contributed by atoms with van der Waals surface area (Å²) in [6.07, 6.45) is -1.17. The molecule has 26 heavy (non-hydrogen) atoms. The third-order valence-electron chi connectivity index (χ3n) is 3.82. The zero-order chi connectivity index (χ0) is 19.4. The second kappa shape index (κ2) is 7.81. The highest BCUT2D eigenvalue weighted by Gasteiger charge is 2.26. The van der Waals surface area contributed by atoms with Crippen LogP contribution in [0.1, 0.15) is 39.0 Å². The predicted octanol–water partition coefficient (Wildman–Crippen LogP) is 2.74. The van der Waals surface area contributed by atoms with Crippen LogP contribution in [-0.2, 0) is 14.3 Å². The van der Waals surface area contributed by atoms with Gasteiger partial charge in [-0.25, -0.2) is 14.0 Å². The standard InChI is InChI=1S/C18H19FN2O5/c1-9-14(17(23)25-4)10(2)20-15(9)18(24)26-11(3)16(22)21-13-8-6-5-7-12(13)19/h5-8,11,20H,1-4H3,(H,21,22)/t11-/m1/s1. The van der Waals surface area contributed by atoms with E-state index in [1.54, 1.807) is 19.9 Å². The molecule has 7 nitrogen and oxygen atoms in total. The number of H-pyrrole nitrogens is 1. The van der Waals surface area contributed by atoms with Crippen molar-refractivity contribution in [2.75, 3.05) is 12.4 Å². The van der Waals surface area contributed by atoms with E-state index in [0.29, 0.717) is 11.3 Å². The second-order valence-corrected chi connectivity index (χ2v) is 5.63. The lowest BCUT2D eigenvalue weighted by molar-refractivity contribution is -0.123. The molecule has 1 aromatic heterocycles. The number of aryl methyl sites for hydroxylation is 1. The molecule has 0 saturated heterocycles. The van der Waals surface area contributed by atoms with Crippen molar-refractivity contribution in [2.45, 2.75) is 26.9 Å². The molecule has 0 unspecified atom stereocenters. The number of anilines is 1. The molecule has 0 spiro atoms. The first kappa shape index (κ1) is 19.2. The van der Waals surface area contributed by atoms with E-state index in [9.17, 15) is 18.8 Å². The molecule has 2 rings (SSSR count). The van der Waals surface area contributed by atoms with Crippen molar-refractivity contribution in [3.05, 3.63) is 52.6 Å². The summed E-state index contributed by atoms with van der Waals surface area (Å²) >= 11 is 0. The van der Waals surface area contributed by atoms with Gasteiger partial charge in [0.1, 0.15) is 11.5 Å². The monoisotopic (exact) mass is 362 g/mol. The summed E-state index contributed by atoms with van der Waals surface area (Å²) < 4.78 is 23.4. The van der Waals surface area contributed by atoms with Gasteiger partial charge in [-0.05, 0) is 38.5 Å². The van der Waals surface area contributed by atoms with Crippen LogP contribution in [0.5, 0.6) is 0 Å². The van der Waals surface area contributed by atoms with Crippen LogP contribution in [-0.4, -0.2) is 36.0 Å². The summed E-state index contributed by atoms with van der Waals surface area (Å²) in [7, 11) is 1.24. The Balaban J connectivity index is 2.11. The molecular weight excluding hydrogens is 343 g/mol. The molecule has 1 amide bonds. The van der Waals surface area contributed by atoms with E-state index in [0.717, 1.165) is 0 Å². The molecular formula is C18H19FN2O5. The molecule has 138 valence electrons. The van der Waals surface area contributed by atoms with E-state index in [1.165, 1.54) is 32.2 Å². The maximum atomic E-state index is 13.6. The van der Waals surface area contributed by atoms with Gasteiger partial charge in [0, 0.05) is 5.69 Å². The summed E-state index contributed by atoms with van der Waals surface area (Å²) in [5.74, 6) is -2.67. The number of nitrogens with one attached hydrogen (secondary N) is 2. The molecule has 2 N–H and O–H groups in total. The third-order valence-corrected chi connectivity index (χ3v) is 3.82. The summed E-state index contributed by atoms with van der Waals surface area (Å²) in [4.78, 5) is 38.9. The van der Waals surface area contributed by atoms with Gasteiger partial charge in [-0.2, -0.15) is 0 Å². The minimum absolute atomic E-state index is 0.0136. The number of hydrogen-bond acceptors (Lipinski definition) is 5. The first-order valence-corrected chi connectivity index (χ1v) is 7.80. The van der Waals surface area contributed by atoms with Crippen LogP contribution in [0.15, 0.2) is 24.3 Å². The molecule has 0 aliphatic rings. The van der Waals surface area contributed by atoms with Crippen molar-refractivity contribution < 1.29 is 28.2 Å². The predicted molar refractivity (Wildman–Crippen MR) is 91.5 cm³/mol. The number of para-hydroxylation sites is 1. The molecule has 1 aromatic carbocycles. The van der Waals surface area contributed by atoms with Crippen molar-refractivity contribution in [1.29, 1.82) is 0 Å². The molecule has 0 aliphatic carbocycles. The van der Waals surface area contributed by atoms with Crippen LogP contribution in [0, 0.1) is 19.7 Å². The zero-order valence-corrected chi connectivity index (χ0v) is 14.8. The number of carbonyl (C=O) groups is 3. The van der Waals surface area contributed by atoms with Crippen molar-refractivity contribution in [1.82, 2.24) is 4.98 Å². The van der Waals surface area contributed by atoms with Crippen molar-refractivity contribution in [3.8, 4) is 0 Å². The van der Waals surface area contributed by atoms with Crippen molar-refractivity contribution in [3.63, 3.8) is 0 Å². The molecule has 1 atom stereocenters. The van der Waals surface area contributed by atoms with Gasteiger partial charge in [-0.3, -0.25) is 4.79 Å². The molecule has 0 saturated carbocycles. The van der Waals surface area contributed by atoms with Crippen LogP contribution in [0.4, 0.5) is 10.1 Å². The normalized spacial score (nSPS) is 11.6. The smallest absolute Gasteiger partial charge is 0.355 e. The number of rotatable bonds is 5. The lowest BCUT2D eigenvalue weighted by Crippen LogP contribution is -2.30. The van der Waals surface area contributed by atoms with Crippen LogP contribution < -0.4 is 5.32 Å². The maximum Gasteiger partial charge on any atom is 0.355 e. The number of methoxy groups -OCH3 is 1. The topological polar surface area (TPSA) is 97.5 Å². The fourth-order valence-electron chi connectivity index (χ4n) is 2.43. The number of aromatic nitrogens is 1. The first-order valence-electron chi connectivity index (χ1n) is 7.80. The highest BCUT2D eigenvalue weighted by atomic mass is 19.1. The Morgan fingerprint density at radius 3 is 2.42 bits per heavy atom. The van der Waals surface area contributed by atoms with Gasteiger partial charge in [0.2, 0.25) is 0 Å². The van der Waals surface area contributed by atoms with Gasteiger partial charge in [0.05, 0.1) is 18.4 Å². The fraction of sp³-hybridized carbons (Fsp3) is 0.278. The molecule has 0 aliphatic heterocycles. The molecule has 2 aromatic rings. The van der Waals surface area contributed by atoms with Crippen LogP contribution in [0.25, 0.3) is 0 Å². The van der Waals surface area contributed by atoms with Gasteiger partial charge in [0.25, 0.3) is 5.91 Å². The first-order chi connectivity index (χ1) is 12.3. The van der Waals surface area contributed by atoms with Crippen LogP contribution >= 0.6 is 0 Å². The van der Waals surface area contributed by atoms with Crippen molar-refractivity contribution >= 4 is 23.5 Å². The highest BCUT2D eigenvalue weighted by molar-refractivity contribution is 6.00. The van der Waals surface area contributed by atoms with E-state index < -0.39 is 29.8 Å². The van der Waals surface area contributed by atoms with Gasteiger partial charge >= 0.3 is 11.9 Å². The molecule has 8 heteroatoms. The number of carbonyl (C=O) groups excluding carboxylic acids is 3. The Hall–Kier alpha value is -3.16. The Morgan fingerprint density at radius 1 is 1.15 bits per heavy atom. The van der Waals surface area contributed by atoms with Crippen LogP contribution in [0.3, 0.4) is 0 Å². The minimum atomic E-state index is -1.17. The Morgan fingerprint density at radius 2 is 1.81 bits per heavy atom. The van der Waals surface area contributed by atoms with Gasteiger partial charge in [-0.1, -0.05) is 12.1 Å². The number of esters is 2. The molecule has 0 bridgehead atoms. The second-order valence-electron chi connectivity index (χ2n) is 5.63. The summed E-state index contributed by atoms with van der Waals surface area (Å²) in [6.45, 7) is 4.54. The lowest BCUT2D eigenvalue weighted by atomic mass is 10.1. The average molecular weight is 362 g/mol. The van der Waals surface area contributed by atoms with E-state index in [4.69, 9.17) is 4.74 Å². The zero-order valence-electron chi connectivity index (χ0n) is 14.8. The molecule has 0 radical (unpaired) electrons. The van der Waals surface area contributed by atoms with E-state index in [2.05, 4.69) is 15.0 Å². The van der Waals surface area contributed by atoms with Crippen molar-refractivity contribution in [2.24, 2.45) is 0 Å². The largest absolute Gasteiger partial charge is 0.465 e. The number of aromatic amines is 1. The van der Waals surface area contributed by atoms with Crippen LogP contribution in [0.2, 0.25) is 0 Å². The maximum absolute atomic E-state index is 13.6. The van der Waals surface area contributed by atoms with E-state index in [1.807, 2.05) is 0 Å². The summed E-state index contributed by atoms with van der Waals surface area (Å²) in [6, 6.07) is 5.65. The Kier molecular flexibility index (Phi) is 5.76. The third kappa shape index (κ3) is 3.90. The molecule has 1 heterocycles. The summed E-state index contributed by atoms with van der Waals surface area (Å²) in [5.41, 5.74) is 1.09. The quantitative estimate of drug-likeness (QED) is 0.797. The summed E-state index contributed by atoms with van der Waals surface area (Å²) in [5, 5.41) is 2.35. The lowest BCUT2D eigenvalue weighted by Gasteiger charge is -2.13. The number of ether oxygens (including phenoxy) is 2. The molecule has 0 fully saturated rings. The fourth-order valence-corrected chi connectivity index (χ4v) is 2.43. The average Bonchev–Trinajstić information content (AvgIpc) is 2.90. The Bertz CT molecular complexity index is 859. The van der Waals surface area contributed by atoms with Gasteiger partial charge in [0.15, 0.2) is 6.10 Å². The number of amides is 1. The van der Waals surface area contributed by atoms with E-state index >= 15 is 0 Å². The van der Waals surface area contributed by atoms with Gasteiger partial charge < -0.3 is 19.8 Å². The Labute approximate surface area is 149 Å². The van der Waals surface area contributed by atoms with E-state index in [-0.39, 0.29) is 16.9 Å². The van der Waals surface area contributed by atoms with Gasteiger partial charge in [-0.15, -0.1) is 0 Å². The highest BCUT2D eigenvalue weighted by Crippen LogP contribution is 2.20. The number of hydrogen-bond donors (Lipinski definition) is 2. The number of benzene rings is 1. The minimum Gasteiger partial charge on any atom is -0.465 e. The SMILES string of the molecule is COC(=O)c1c(C)[nH]c(C(=O)O[C@H](C)C(=O)Nc2ccccc2F)c1C.